The van der Waals surface area contributed by atoms with Gasteiger partial charge < -0.3 is 15.2 Å². The summed E-state index contributed by atoms with van der Waals surface area (Å²) in [6.45, 7) is 3.72. The topological polar surface area (TPSA) is 87.3 Å². The summed E-state index contributed by atoms with van der Waals surface area (Å²) >= 11 is 3.32. The summed E-state index contributed by atoms with van der Waals surface area (Å²) < 4.78 is 11.3. The quantitative estimate of drug-likeness (QED) is 0.672. The van der Waals surface area contributed by atoms with Crippen LogP contribution in [0.4, 0.5) is 5.69 Å². The first-order chi connectivity index (χ1) is 10.0. The van der Waals surface area contributed by atoms with E-state index in [1.165, 1.54) is 6.20 Å². The fraction of sp³-hybridized carbons (Fsp3) is 0.214. The average molecular weight is 352 g/mol. The molecule has 0 saturated carbocycles. The zero-order chi connectivity index (χ0) is 15.4. The van der Waals surface area contributed by atoms with E-state index in [0.29, 0.717) is 29.3 Å². The maximum absolute atomic E-state index is 11.7. The Morgan fingerprint density at radius 3 is 2.81 bits per heavy atom. The number of benzene rings is 1. The first-order valence-electron chi connectivity index (χ1n) is 6.25. The number of rotatable bonds is 4. The smallest absolute Gasteiger partial charge is 0.341 e. The van der Waals surface area contributed by atoms with Gasteiger partial charge in [0.2, 0.25) is 0 Å². The number of hydrogen-bond acceptors (Lipinski definition) is 6. The number of anilines is 1. The largest absolute Gasteiger partial charge is 0.462 e. The third-order valence-corrected chi connectivity index (χ3v) is 3.12. The average Bonchev–Trinajstić information content (AvgIpc) is 2.42. The Kier molecular flexibility index (Phi) is 4.74. The van der Waals surface area contributed by atoms with Crippen LogP contribution in [-0.2, 0) is 4.74 Å². The van der Waals surface area contributed by atoms with E-state index in [9.17, 15) is 4.79 Å². The Bertz CT molecular complexity index is 677. The van der Waals surface area contributed by atoms with Crippen LogP contribution in [0.5, 0.6) is 11.8 Å². The monoisotopic (exact) mass is 351 g/mol. The van der Waals surface area contributed by atoms with E-state index in [-0.39, 0.29) is 6.01 Å². The molecule has 0 bridgehead atoms. The van der Waals surface area contributed by atoms with Crippen molar-refractivity contribution in [3.8, 4) is 11.8 Å². The van der Waals surface area contributed by atoms with E-state index in [4.69, 9.17) is 15.2 Å². The van der Waals surface area contributed by atoms with Gasteiger partial charge in [-0.1, -0.05) is 15.9 Å². The Morgan fingerprint density at radius 2 is 2.19 bits per heavy atom. The van der Waals surface area contributed by atoms with E-state index in [2.05, 4.69) is 25.9 Å². The molecule has 0 amide bonds. The summed E-state index contributed by atoms with van der Waals surface area (Å²) in [5.74, 6) is -0.00816. The van der Waals surface area contributed by atoms with Gasteiger partial charge in [-0.25, -0.2) is 9.78 Å². The molecule has 0 aliphatic rings. The summed E-state index contributed by atoms with van der Waals surface area (Å²) in [6, 6.07) is 5.34. The molecule has 0 aliphatic carbocycles. The summed E-state index contributed by atoms with van der Waals surface area (Å²) in [6.07, 6.45) is 1.38. The third kappa shape index (κ3) is 3.69. The number of esters is 1. The van der Waals surface area contributed by atoms with E-state index in [0.717, 1.165) is 4.47 Å². The minimum atomic E-state index is -0.454. The van der Waals surface area contributed by atoms with Gasteiger partial charge in [0.15, 0.2) is 5.75 Å². The van der Waals surface area contributed by atoms with Crippen molar-refractivity contribution in [3.63, 3.8) is 0 Å². The number of hydrogen-bond donors (Lipinski definition) is 1. The second kappa shape index (κ2) is 6.53. The number of aryl methyl sites for hydroxylation is 1. The first-order valence-corrected chi connectivity index (χ1v) is 7.04. The lowest BCUT2D eigenvalue weighted by atomic mass is 10.2. The van der Waals surface area contributed by atoms with Gasteiger partial charge in [-0.3, -0.25) is 0 Å². The van der Waals surface area contributed by atoms with Gasteiger partial charge in [0.1, 0.15) is 0 Å². The molecule has 0 radical (unpaired) electrons. The highest BCUT2D eigenvalue weighted by Gasteiger charge is 2.14. The lowest BCUT2D eigenvalue weighted by Gasteiger charge is -2.09. The molecule has 0 fully saturated rings. The van der Waals surface area contributed by atoms with E-state index < -0.39 is 5.97 Å². The van der Waals surface area contributed by atoms with Crippen LogP contribution >= 0.6 is 15.9 Å². The maximum Gasteiger partial charge on any atom is 0.341 e. The van der Waals surface area contributed by atoms with E-state index >= 15 is 0 Å². The zero-order valence-electron chi connectivity index (χ0n) is 11.6. The number of carbonyl (C=O) groups excluding carboxylic acids is 1. The van der Waals surface area contributed by atoms with Crippen LogP contribution < -0.4 is 10.5 Å². The molecule has 0 atom stereocenters. The molecule has 2 aromatic rings. The Balaban J connectivity index is 2.22. The third-order valence-electron chi connectivity index (χ3n) is 2.63. The lowest BCUT2D eigenvalue weighted by Crippen LogP contribution is -2.09. The SMILES string of the molecule is CCOC(=O)c1cnc(Oc2ccc(Br)cc2N)nc1C. The Morgan fingerprint density at radius 1 is 1.43 bits per heavy atom. The van der Waals surface area contributed by atoms with Crippen LogP contribution in [-0.4, -0.2) is 22.5 Å². The molecule has 1 aromatic heterocycles. The molecule has 110 valence electrons. The van der Waals surface area contributed by atoms with E-state index in [1.807, 2.05) is 0 Å². The zero-order valence-corrected chi connectivity index (χ0v) is 13.2. The Labute approximate surface area is 130 Å². The molecule has 21 heavy (non-hydrogen) atoms. The second-order valence-corrected chi connectivity index (χ2v) is 5.07. The van der Waals surface area contributed by atoms with Crippen molar-refractivity contribution in [1.29, 1.82) is 0 Å². The molecule has 6 nitrogen and oxygen atoms in total. The number of nitrogen functional groups attached to an aromatic ring is 1. The standard InChI is InChI=1S/C14H14BrN3O3/c1-3-20-13(19)10-7-17-14(18-8(10)2)21-12-5-4-9(15)6-11(12)16/h4-7H,3,16H2,1-2H3. The minimum Gasteiger partial charge on any atom is -0.462 e. The van der Waals surface area contributed by atoms with Gasteiger partial charge in [-0.15, -0.1) is 0 Å². The van der Waals surface area contributed by atoms with Crippen molar-refractivity contribution >= 4 is 27.6 Å². The van der Waals surface area contributed by atoms with Crippen LogP contribution in [0.15, 0.2) is 28.9 Å². The number of nitrogens with two attached hydrogens (primary N) is 1. The predicted octanol–water partition coefficient (Wildman–Crippen LogP) is 3.10. The maximum atomic E-state index is 11.7. The molecule has 1 aromatic carbocycles. The molecule has 1 heterocycles. The van der Waals surface area contributed by atoms with Gasteiger partial charge in [-0.2, -0.15) is 4.98 Å². The van der Waals surface area contributed by atoms with Gasteiger partial charge in [0.25, 0.3) is 0 Å². The van der Waals surface area contributed by atoms with Gasteiger partial charge in [0.05, 0.1) is 23.6 Å². The van der Waals surface area contributed by atoms with Crippen LogP contribution in [0.25, 0.3) is 0 Å². The normalized spacial score (nSPS) is 10.2. The molecule has 0 aliphatic heterocycles. The Hall–Kier alpha value is -2.15. The van der Waals surface area contributed by atoms with Crippen LogP contribution in [0.1, 0.15) is 23.0 Å². The number of halogens is 1. The highest BCUT2D eigenvalue weighted by atomic mass is 79.9. The first kappa shape index (κ1) is 15.2. The van der Waals surface area contributed by atoms with Gasteiger partial charge in [-0.05, 0) is 32.0 Å². The molecule has 0 spiro atoms. The van der Waals surface area contributed by atoms with Crippen LogP contribution in [0, 0.1) is 6.92 Å². The number of carbonyl (C=O) groups is 1. The molecular weight excluding hydrogens is 338 g/mol. The van der Waals surface area contributed by atoms with Crippen molar-refractivity contribution in [3.05, 3.63) is 40.1 Å². The van der Waals surface area contributed by atoms with Gasteiger partial charge >= 0.3 is 12.0 Å². The summed E-state index contributed by atoms with van der Waals surface area (Å²) in [5, 5.41) is 0. The molecule has 2 rings (SSSR count). The predicted molar refractivity (Wildman–Crippen MR) is 81.4 cm³/mol. The fourth-order valence-electron chi connectivity index (χ4n) is 1.61. The van der Waals surface area contributed by atoms with Crippen molar-refractivity contribution in [2.24, 2.45) is 0 Å². The van der Waals surface area contributed by atoms with Crippen LogP contribution in [0.3, 0.4) is 0 Å². The summed E-state index contributed by atoms with van der Waals surface area (Å²) in [4.78, 5) is 19.8. The van der Waals surface area contributed by atoms with Crippen molar-refractivity contribution < 1.29 is 14.3 Å². The highest BCUT2D eigenvalue weighted by Crippen LogP contribution is 2.28. The molecule has 2 N–H and O–H groups in total. The molecule has 7 heteroatoms. The molecular formula is C14H14BrN3O3. The number of aromatic nitrogens is 2. The highest BCUT2D eigenvalue weighted by molar-refractivity contribution is 9.10. The van der Waals surface area contributed by atoms with Crippen molar-refractivity contribution in [1.82, 2.24) is 9.97 Å². The number of ether oxygens (including phenoxy) is 2. The second-order valence-electron chi connectivity index (χ2n) is 4.16. The number of nitrogens with zero attached hydrogens (tertiary/aromatic N) is 2. The minimum absolute atomic E-state index is 0.120. The van der Waals surface area contributed by atoms with Crippen molar-refractivity contribution in [2.45, 2.75) is 13.8 Å². The lowest BCUT2D eigenvalue weighted by molar-refractivity contribution is 0.0524. The van der Waals surface area contributed by atoms with Crippen molar-refractivity contribution in [2.75, 3.05) is 12.3 Å². The van der Waals surface area contributed by atoms with E-state index in [1.54, 1.807) is 32.0 Å². The molecule has 0 saturated heterocycles. The summed E-state index contributed by atoms with van der Waals surface area (Å²) in [7, 11) is 0. The van der Waals surface area contributed by atoms with Gasteiger partial charge in [0, 0.05) is 10.7 Å². The molecule has 0 unspecified atom stereocenters. The van der Waals surface area contributed by atoms with Crippen LogP contribution in [0.2, 0.25) is 0 Å². The summed E-state index contributed by atoms with van der Waals surface area (Å²) in [5.41, 5.74) is 7.09. The fourth-order valence-corrected chi connectivity index (χ4v) is 1.99.